The Labute approximate surface area is 125 Å². The molecule has 6 nitrogen and oxygen atoms in total. The molecule has 0 spiro atoms. The minimum atomic E-state index is -1.00. The van der Waals surface area contributed by atoms with Crippen molar-refractivity contribution in [2.75, 3.05) is 27.2 Å². The number of carbonyl (C=O) groups is 1. The minimum Gasteiger partial charge on any atom is -0.508 e. The van der Waals surface area contributed by atoms with Gasteiger partial charge in [-0.15, -0.1) is 0 Å². The monoisotopic (exact) mass is 295 g/mol. The Morgan fingerprint density at radius 1 is 1.38 bits per heavy atom. The molecule has 2 atom stereocenters. The molecule has 1 unspecified atom stereocenters. The van der Waals surface area contributed by atoms with Crippen molar-refractivity contribution in [2.45, 2.75) is 25.0 Å². The fourth-order valence-electron chi connectivity index (χ4n) is 2.12. The Morgan fingerprint density at radius 2 is 1.95 bits per heavy atom. The molecule has 118 valence electrons. The second-order valence-corrected chi connectivity index (χ2v) is 5.93. The third-order valence-electron chi connectivity index (χ3n) is 3.03. The maximum absolute atomic E-state index is 11.9. The number of aliphatic hydroxyl groups is 1. The van der Waals surface area contributed by atoms with Gasteiger partial charge in [0.1, 0.15) is 5.75 Å². The minimum absolute atomic E-state index is 0.146. The van der Waals surface area contributed by atoms with Crippen LogP contribution in [-0.2, 0) is 11.2 Å². The molecule has 0 radical (unpaired) electrons. The van der Waals surface area contributed by atoms with Crippen LogP contribution in [0, 0.1) is 0 Å². The van der Waals surface area contributed by atoms with Crippen molar-refractivity contribution < 1.29 is 15.0 Å². The van der Waals surface area contributed by atoms with Gasteiger partial charge in [0.15, 0.2) is 0 Å². The lowest BCUT2D eigenvalue weighted by Crippen LogP contribution is -2.51. The smallest absolute Gasteiger partial charge is 0.237 e. The molecular weight excluding hydrogens is 270 g/mol. The quantitative estimate of drug-likeness (QED) is 0.553. The number of likely N-dealkylation sites (N-methyl/N-ethyl adjacent to an activating group) is 1. The number of phenols is 1. The van der Waals surface area contributed by atoms with Crippen LogP contribution in [0.2, 0.25) is 0 Å². The van der Waals surface area contributed by atoms with Gasteiger partial charge in [0.25, 0.3) is 0 Å². The van der Waals surface area contributed by atoms with E-state index in [4.69, 9.17) is 5.73 Å². The number of nitrogens with one attached hydrogen (secondary N) is 1. The van der Waals surface area contributed by atoms with Crippen molar-refractivity contribution in [3.63, 3.8) is 0 Å². The Kier molecular flexibility index (Phi) is 6.14. The molecule has 21 heavy (non-hydrogen) atoms. The number of hydrogen-bond donors (Lipinski definition) is 4. The molecule has 0 aliphatic carbocycles. The summed E-state index contributed by atoms with van der Waals surface area (Å²) in [4.78, 5) is 13.8. The summed E-state index contributed by atoms with van der Waals surface area (Å²) in [5.74, 6) is -0.126. The van der Waals surface area contributed by atoms with Crippen molar-refractivity contribution >= 4 is 5.91 Å². The number of nitrogens with two attached hydrogens (primary N) is 1. The lowest BCUT2D eigenvalue weighted by atomic mass is 10.0. The van der Waals surface area contributed by atoms with Crippen LogP contribution < -0.4 is 11.1 Å². The second kappa shape index (κ2) is 7.40. The summed E-state index contributed by atoms with van der Waals surface area (Å²) >= 11 is 0. The maximum atomic E-state index is 11.9. The van der Waals surface area contributed by atoms with Gasteiger partial charge in [-0.05, 0) is 45.1 Å². The van der Waals surface area contributed by atoms with Crippen LogP contribution in [-0.4, -0.2) is 59.8 Å². The van der Waals surface area contributed by atoms with Crippen LogP contribution in [0.1, 0.15) is 12.5 Å². The Hall–Kier alpha value is -1.63. The van der Waals surface area contributed by atoms with Gasteiger partial charge in [-0.2, -0.15) is 0 Å². The zero-order valence-electron chi connectivity index (χ0n) is 12.8. The van der Waals surface area contributed by atoms with E-state index in [-0.39, 0.29) is 18.2 Å². The van der Waals surface area contributed by atoms with Crippen LogP contribution in [0.25, 0.3) is 0 Å². The summed E-state index contributed by atoms with van der Waals surface area (Å²) in [5, 5.41) is 22.0. The summed E-state index contributed by atoms with van der Waals surface area (Å²) in [6, 6.07) is 5.88. The average Bonchev–Trinajstić information content (AvgIpc) is 2.37. The standard InChI is InChI=1S/C15H25N3O3/c1-15(21,10-18(2)3)9-17-14(20)13(16)8-11-4-6-12(19)7-5-11/h4-7,13,19,21H,8-10,16H2,1-3H3,(H,17,20)/t13-,15?/m0/s1. The number of benzene rings is 1. The molecule has 0 saturated heterocycles. The van der Waals surface area contributed by atoms with Crippen molar-refractivity contribution in [3.8, 4) is 5.75 Å². The molecule has 1 aromatic rings. The van der Waals surface area contributed by atoms with E-state index >= 15 is 0 Å². The van der Waals surface area contributed by atoms with E-state index in [1.165, 1.54) is 0 Å². The van der Waals surface area contributed by atoms with Crippen molar-refractivity contribution in [2.24, 2.45) is 5.73 Å². The number of nitrogens with zero attached hydrogens (tertiary/aromatic N) is 1. The second-order valence-electron chi connectivity index (χ2n) is 5.93. The normalized spacial score (nSPS) is 15.5. The van der Waals surface area contributed by atoms with Gasteiger partial charge in [0.05, 0.1) is 11.6 Å². The van der Waals surface area contributed by atoms with E-state index in [9.17, 15) is 15.0 Å². The molecule has 0 heterocycles. The third kappa shape index (κ3) is 6.57. The van der Waals surface area contributed by atoms with Gasteiger partial charge < -0.3 is 26.2 Å². The highest BCUT2D eigenvalue weighted by Crippen LogP contribution is 2.11. The van der Waals surface area contributed by atoms with Crippen LogP contribution in [0.3, 0.4) is 0 Å². The molecule has 0 saturated carbocycles. The largest absolute Gasteiger partial charge is 0.508 e. The molecular formula is C15H25N3O3. The maximum Gasteiger partial charge on any atom is 0.237 e. The predicted molar refractivity (Wildman–Crippen MR) is 82.0 cm³/mol. The lowest BCUT2D eigenvalue weighted by molar-refractivity contribution is -0.123. The number of amides is 1. The molecule has 1 aromatic carbocycles. The van der Waals surface area contributed by atoms with E-state index in [1.807, 2.05) is 19.0 Å². The van der Waals surface area contributed by atoms with Crippen LogP contribution in [0.5, 0.6) is 5.75 Å². The molecule has 5 N–H and O–H groups in total. The topological polar surface area (TPSA) is 98.8 Å². The summed E-state index contributed by atoms with van der Waals surface area (Å²) in [5.41, 5.74) is 5.72. The molecule has 6 heteroatoms. The fourth-order valence-corrected chi connectivity index (χ4v) is 2.12. The van der Waals surface area contributed by atoms with E-state index < -0.39 is 11.6 Å². The molecule has 0 bridgehead atoms. The van der Waals surface area contributed by atoms with E-state index in [0.29, 0.717) is 13.0 Å². The van der Waals surface area contributed by atoms with Crippen molar-refractivity contribution in [1.29, 1.82) is 0 Å². The van der Waals surface area contributed by atoms with Gasteiger partial charge in [-0.1, -0.05) is 12.1 Å². The first-order chi connectivity index (χ1) is 9.69. The van der Waals surface area contributed by atoms with Gasteiger partial charge in [0, 0.05) is 13.1 Å². The van der Waals surface area contributed by atoms with Gasteiger partial charge >= 0.3 is 0 Å². The molecule has 0 aliphatic rings. The summed E-state index contributed by atoms with van der Waals surface area (Å²) in [7, 11) is 3.71. The molecule has 0 aliphatic heterocycles. The highest BCUT2D eigenvalue weighted by molar-refractivity contribution is 5.81. The van der Waals surface area contributed by atoms with Crippen molar-refractivity contribution in [3.05, 3.63) is 29.8 Å². The number of rotatable bonds is 7. The Bertz CT molecular complexity index is 458. The number of aromatic hydroxyl groups is 1. The zero-order chi connectivity index (χ0) is 16.0. The highest BCUT2D eigenvalue weighted by Gasteiger charge is 2.23. The summed E-state index contributed by atoms with van der Waals surface area (Å²) in [6.07, 6.45) is 0.377. The summed E-state index contributed by atoms with van der Waals surface area (Å²) in [6.45, 7) is 2.26. The number of phenolic OH excluding ortho intramolecular Hbond substituents is 1. The molecule has 0 fully saturated rings. The van der Waals surface area contributed by atoms with Crippen LogP contribution in [0.15, 0.2) is 24.3 Å². The number of hydrogen-bond acceptors (Lipinski definition) is 5. The Morgan fingerprint density at radius 3 is 2.48 bits per heavy atom. The first-order valence-corrected chi connectivity index (χ1v) is 6.88. The van der Waals surface area contributed by atoms with Crippen molar-refractivity contribution in [1.82, 2.24) is 10.2 Å². The molecule has 0 aromatic heterocycles. The van der Waals surface area contributed by atoms with E-state index in [1.54, 1.807) is 31.2 Å². The van der Waals surface area contributed by atoms with Crippen LogP contribution in [0.4, 0.5) is 0 Å². The highest BCUT2D eigenvalue weighted by atomic mass is 16.3. The fraction of sp³-hybridized carbons (Fsp3) is 0.533. The first-order valence-electron chi connectivity index (χ1n) is 6.88. The number of carbonyl (C=O) groups excluding carboxylic acids is 1. The van der Waals surface area contributed by atoms with Gasteiger partial charge in [0.2, 0.25) is 5.91 Å². The van der Waals surface area contributed by atoms with Crippen LogP contribution >= 0.6 is 0 Å². The first kappa shape index (κ1) is 17.4. The third-order valence-corrected chi connectivity index (χ3v) is 3.03. The average molecular weight is 295 g/mol. The zero-order valence-corrected chi connectivity index (χ0v) is 12.8. The van der Waals surface area contributed by atoms with Gasteiger partial charge in [-0.3, -0.25) is 4.79 Å². The van der Waals surface area contributed by atoms with Gasteiger partial charge in [-0.25, -0.2) is 0 Å². The van der Waals surface area contributed by atoms with E-state index in [2.05, 4.69) is 5.32 Å². The SMILES string of the molecule is CN(C)CC(C)(O)CNC(=O)[C@@H](N)Cc1ccc(O)cc1. The lowest BCUT2D eigenvalue weighted by Gasteiger charge is -2.27. The predicted octanol–water partition coefficient (Wildman–Crippen LogP) is -0.309. The molecule has 1 amide bonds. The molecule has 1 rings (SSSR count). The Balaban J connectivity index is 2.46. The van der Waals surface area contributed by atoms with E-state index in [0.717, 1.165) is 5.56 Å². The summed E-state index contributed by atoms with van der Waals surface area (Å²) < 4.78 is 0.